The fourth-order valence-electron chi connectivity index (χ4n) is 9.79. The van der Waals surface area contributed by atoms with Gasteiger partial charge in [0.15, 0.2) is 5.96 Å². The highest BCUT2D eigenvalue weighted by Gasteiger charge is 2.39. The molecule has 8 unspecified atom stereocenters. The molecule has 506 valence electrons. The van der Waals surface area contributed by atoms with Gasteiger partial charge in [0.2, 0.25) is 65.0 Å². The summed E-state index contributed by atoms with van der Waals surface area (Å²) < 4.78 is 0. The van der Waals surface area contributed by atoms with Crippen LogP contribution in [0.4, 0.5) is 0 Å². The van der Waals surface area contributed by atoms with Gasteiger partial charge in [-0.3, -0.25) is 67.3 Å². The lowest BCUT2D eigenvalue weighted by Gasteiger charge is -2.30. The number of aliphatic hydroxyl groups excluding tert-OH is 1. The number of phenolic OH excluding ortho intramolecular Hbond substituents is 1. The fraction of sp³-hybridized carbons (Fsp3) is 0.475. The first-order valence-corrected chi connectivity index (χ1v) is 29.7. The highest BCUT2D eigenvalue weighted by atomic mass is 16.4. The van der Waals surface area contributed by atoms with Crippen LogP contribution in [0.3, 0.4) is 0 Å². The Morgan fingerprint density at radius 1 is 0.699 bits per heavy atom. The molecule has 0 saturated carbocycles. The number of phenols is 1. The van der Waals surface area contributed by atoms with Gasteiger partial charge in [-0.05, 0) is 73.8 Å². The number of aromatic amines is 2. The Morgan fingerprint density at radius 2 is 1.30 bits per heavy atom. The molecule has 0 spiro atoms. The van der Waals surface area contributed by atoms with Crippen molar-refractivity contribution < 1.29 is 82.8 Å². The van der Waals surface area contributed by atoms with Gasteiger partial charge < -0.3 is 100 Å². The summed E-state index contributed by atoms with van der Waals surface area (Å²) in [5, 5.41) is 59.3. The second kappa shape index (κ2) is 37.5. The number of rotatable bonds is 31. The fourth-order valence-corrected chi connectivity index (χ4v) is 9.79. The number of nitrogens with two attached hydrogens (primary N) is 3. The molecule has 93 heavy (non-hydrogen) atoms. The molecular formula is C59H83N17O17. The minimum absolute atomic E-state index is 0.0156. The summed E-state index contributed by atoms with van der Waals surface area (Å²) in [5.41, 5.74) is 18.3. The van der Waals surface area contributed by atoms with Gasteiger partial charge in [-0.1, -0.05) is 44.2 Å². The minimum atomic E-state index is -1.76. The van der Waals surface area contributed by atoms with E-state index < -0.39 is 139 Å². The number of aromatic hydroxyl groups is 1. The van der Waals surface area contributed by atoms with Gasteiger partial charge in [0.05, 0.1) is 26.0 Å². The van der Waals surface area contributed by atoms with Crippen molar-refractivity contribution in [1.82, 2.24) is 67.7 Å². The van der Waals surface area contributed by atoms with Crippen LogP contribution in [0.5, 0.6) is 5.75 Å². The number of imidazole rings is 1. The number of H-pyrrole nitrogens is 2. The van der Waals surface area contributed by atoms with Crippen LogP contribution < -0.4 is 65.1 Å². The van der Waals surface area contributed by atoms with E-state index in [9.17, 15) is 63.0 Å². The summed E-state index contributed by atoms with van der Waals surface area (Å²) in [6.07, 6.45) is 5.24. The zero-order valence-electron chi connectivity index (χ0n) is 51.8. The quantitative estimate of drug-likeness (QED) is 0.0129. The lowest BCUT2D eigenvalue weighted by molar-refractivity contribution is -0.142. The van der Waals surface area contributed by atoms with E-state index in [4.69, 9.17) is 37.0 Å². The van der Waals surface area contributed by atoms with Crippen molar-refractivity contribution in [3.05, 3.63) is 84.1 Å². The maximum absolute atomic E-state index is 14.4. The molecule has 11 amide bonds. The van der Waals surface area contributed by atoms with E-state index in [-0.39, 0.29) is 94.4 Å². The number of guanidine groups is 1. The minimum Gasteiger partial charge on any atom is -0.508 e. The van der Waals surface area contributed by atoms with Crippen molar-refractivity contribution in [2.75, 3.05) is 32.8 Å². The molecular weight excluding hydrogens is 1220 g/mol. The number of aliphatic hydroxyl groups is 1. The van der Waals surface area contributed by atoms with Crippen molar-refractivity contribution in [2.24, 2.45) is 28.1 Å². The molecule has 34 heteroatoms. The predicted molar refractivity (Wildman–Crippen MR) is 332 cm³/mol. The molecule has 4 heterocycles. The third-order valence-corrected chi connectivity index (χ3v) is 14.1. The number of nitrogens with zero attached hydrogens (tertiary/aromatic N) is 3. The largest absolute Gasteiger partial charge is 0.508 e. The second-order valence-corrected chi connectivity index (χ2v) is 22.2. The second-order valence-electron chi connectivity index (χ2n) is 22.2. The average Bonchev–Trinajstić information content (AvgIpc) is 1.82. The maximum atomic E-state index is 14.4. The topological polar surface area (TPSA) is 549 Å². The zero-order valence-corrected chi connectivity index (χ0v) is 51.8. The van der Waals surface area contributed by atoms with Crippen molar-refractivity contribution in [1.29, 1.82) is 0 Å². The Morgan fingerprint density at radius 3 is 1.89 bits per heavy atom. The molecule has 2 aromatic heterocycles. The number of hydrogen-bond donors (Lipinski definition) is 18. The van der Waals surface area contributed by atoms with Crippen molar-refractivity contribution in [3.63, 3.8) is 0 Å². The number of fused-ring (bicyclic) bond motifs is 1. The van der Waals surface area contributed by atoms with Crippen LogP contribution in [0.1, 0.15) is 89.5 Å². The summed E-state index contributed by atoms with van der Waals surface area (Å²) >= 11 is 0. The summed E-state index contributed by atoms with van der Waals surface area (Å²) in [6, 6.07) is 2.37. The van der Waals surface area contributed by atoms with Gasteiger partial charge in [0, 0.05) is 81.6 Å². The van der Waals surface area contributed by atoms with E-state index in [0.29, 0.717) is 34.1 Å². The molecule has 2 aliphatic heterocycles. The summed E-state index contributed by atoms with van der Waals surface area (Å²) in [7, 11) is 0. The molecule has 8 atom stereocenters. The third-order valence-electron chi connectivity index (χ3n) is 14.1. The van der Waals surface area contributed by atoms with Gasteiger partial charge in [-0.2, -0.15) is 0 Å². The number of aromatic nitrogens is 3. The van der Waals surface area contributed by atoms with Gasteiger partial charge in [-0.25, -0.2) is 4.98 Å². The summed E-state index contributed by atoms with van der Waals surface area (Å²) in [5.74, 6) is -10.5. The lowest BCUT2D eigenvalue weighted by atomic mass is 10.0. The van der Waals surface area contributed by atoms with Crippen LogP contribution in [0.2, 0.25) is 0 Å². The standard InChI is InChI=1S/C55H75N17O13.2C2H4O2/c1-29(2)19-38(49(80)67-37(9-5-17-60-55(57)58)54(85)72-18-6-10-43(72)53(84)62-25-44(56)75)66-46(77)26-63-47(78)39(20-30-11-13-33(74)14-12-30)68-52(83)42(27-73)71-50(81)40(21-31-23-61-35-8-4-3-7-34(31)35)69-51(82)41(22-32-24-59-28-64-32)70-48(79)36-15-16-45(76)65-36;2*1-2(3)4/h3-4,7-8,11-14,23-24,28-29,36-43,61,73-74H,5-6,9-10,15-22,25-27H2,1-2H3,(H2,56,75)(H,59,64)(H,62,84)(H,63,78)(H,65,76)(H,66,77)(H,67,80)(H,68,83)(H,69,82)(H,70,79)(H,71,81)(H4,57,58,60);2*1H3,(H,3,4). The number of carboxylic acid groups (broad SMARTS) is 2. The molecule has 4 aromatic rings. The number of benzene rings is 2. The maximum Gasteiger partial charge on any atom is 0.300 e. The molecule has 0 radical (unpaired) electrons. The molecule has 0 aliphatic carbocycles. The highest BCUT2D eigenvalue weighted by molar-refractivity contribution is 5.99. The van der Waals surface area contributed by atoms with Crippen LogP contribution in [0.15, 0.2) is 72.2 Å². The first-order valence-electron chi connectivity index (χ1n) is 29.7. The van der Waals surface area contributed by atoms with Crippen LogP contribution in [0.25, 0.3) is 10.9 Å². The molecule has 2 aromatic carbocycles. The highest BCUT2D eigenvalue weighted by Crippen LogP contribution is 2.22. The lowest BCUT2D eigenvalue weighted by Crippen LogP contribution is -2.60. The Hall–Kier alpha value is -10.7. The molecule has 2 fully saturated rings. The number of amides is 11. The van der Waals surface area contributed by atoms with Gasteiger partial charge in [0.1, 0.15) is 54.1 Å². The van der Waals surface area contributed by atoms with E-state index in [2.05, 4.69) is 67.8 Å². The van der Waals surface area contributed by atoms with Gasteiger partial charge in [0.25, 0.3) is 11.9 Å². The monoisotopic (exact) mass is 1300 g/mol. The number of nitrogens with one attached hydrogen (secondary N) is 11. The number of aliphatic carboxylic acids is 2. The predicted octanol–water partition coefficient (Wildman–Crippen LogP) is -4.21. The SMILES string of the molecule is CC(=O)O.CC(=O)O.CC(C)CC(NC(=O)CNC(=O)C(Cc1ccc(O)cc1)NC(=O)C(CO)NC(=O)C(Cc1c[nH]c2ccccc12)NC(=O)C(Cc1cnc[nH]1)NC(=O)C1CCC(=O)N1)C(=O)NC(CCCN=C(N)N)C(=O)N1CCCC1C(=O)NCC(N)=O. The van der Waals surface area contributed by atoms with E-state index in [1.807, 2.05) is 0 Å². The normalized spacial score (nSPS) is 15.8. The molecule has 21 N–H and O–H groups in total. The van der Waals surface area contributed by atoms with Gasteiger partial charge >= 0.3 is 0 Å². The summed E-state index contributed by atoms with van der Waals surface area (Å²) in [6.45, 7) is 3.79. The number of primary amides is 1. The van der Waals surface area contributed by atoms with Crippen molar-refractivity contribution >= 4 is 93.8 Å². The van der Waals surface area contributed by atoms with Crippen LogP contribution in [-0.2, 0) is 81.6 Å². The average molecular weight is 1300 g/mol. The van der Waals surface area contributed by atoms with E-state index >= 15 is 0 Å². The van der Waals surface area contributed by atoms with E-state index in [1.54, 1.807) is 44.3 Å². The number of hydrogen-bond acceptors (Lipinski definition) is 17. The number of carbonyl (C=O) groups is 13. The Labute approximate surface area is 533 Å². The smallest absolute Gasteiger partial charge is 0.300 e. The van der Waals surface area contributed by atoms with Crippen molar-refractivity contribution in [2.45, 2.75) is 140 Å². The molecule has 6 rings (SSSR count). The Balaban J connectivity index is 0.00000217. The molecule has 2 saturated heterocycles. The van der Waals surface area contributed by atoms with Gasteiger partial charge in [-0.15, -0.1) is 0 Å². The molecule has 2 aliphatic rings. The van der Waals surface area contributed by atoms with Crippen LogP contribution >= 0.6 is 0 Å². The number of aliphatic imine (C=N–C) groups is 1. The summed E-state index contributed by atoms with van der Waals surface area (Å²) in [4.78, 5) is 182. The number of para-hydroxylation sites is 1. The Bertz CT molecular complexity index is 3260. The number of carboxylic acids is 2. The van der Waals surface area contributed by atoms with E-state index in [0.717, 1.165) is 13.8 Å². The van der Waals surface area contributed by atoms with Crippen molar-refractivity contribution in [3.8, 4) is 5.75 Å². The number of carbonyl (C=O) groups excluding carboxylic acids is 11. The van der Waals surface area contributed by atoms with E-state index in [1.165, 1.54) is 41.7 Å². The van der Waals surface area contributed by atoms with Crippen LogP contribution in [0, 0.1) is 5.92 Å². The first kappa shape index (κ1) is 74.8. The number of likely N-dealkylation sites (tertiary alicyclic amines) is 1. The third kappa shape index (κ3) is 26.0. The molecule has 34 nitrogen and oxygen atoms in total. The Kier molecular flexibility index (Phi) is 30.1. The molecule has 0 bridgehead atoms. The zero-order chi connectivity index (χ0) is 68.9. The van der Waals surface area contributed by atoms with Crippen LogP contribution in [-0.4, -0.2) is 204 Å². The first-order chi connectivity index (χ1) is 44.0.